The van der Waals surface area contributed by atoms with Gasteiger partial charge in [0, 0.05) is 12.0 Å². The van der Waals surface area contributed by atoms with Crippen molar-refractivity contribution < 1.29 is 5.11 Å². The number of nitrogens with zero attached hydrogens (tertiary/aromatic N) is 3. The molecule has 2 rings (SSSR count). The number of thioether (sulfide) groups is 1. The van der Waals surface area contributed by atoms with Crippen molar-refractivity contribution in [2.75, 3.05) is 5.75 Å². The van der Waals surface area contributed by atoms with Crippen LogP contribution in [0.1, 0.15) is 20.3 Å². The number of hydrogen-bond acceptors (Lipinski definition) is 5. The molecule has 0 radical (unpaired) electrons. The average Bonchev–Trinajstić information content (AvgIpc) is 2.68. The van der Waals surface area contributed by atoms with Crippen molar-refractivity contribution in [1.29, 1.82) is 0 Å². The fraction of sp³-hybridized carbons (Fsp3) is 0.286. The van der Waals surface area contributed by atoms with E-state index in [2.05, 4.69) is 21.0 Å². The highest BCUT2D eigenvalue weighted by Crippen LogP contribution is 2.18. The van der Waals surface area contributed by atoms with E-state index in [0.717, 1.165) is 23.3 Å². The lowest BCUT2D eigenvalue weighted by Crippen LogP contribution is -1.86. The molecule has 0 amide bonds. The van der Waals surface area contributed by atoms with Gasteiger partial charge < -0.3 is 5.11 Å². The van der Waals surface area contributed by atoms with Crippen LogP contribution in [0.5, 0.6) is 0 Å². The Bertz CT molecular complexity index is 588. The first-order valence-corrected chi connectivity index (χ1v) is 6.98. The van der Waals surface area contributed by atoms with Crippen LogP contribution in [0.25, 0.3) is 0 Å². The zero-order valence-corrected chi connectivity index (χ0v) is 11.7. The Labute approximate surface area is 116 Å². The lowest BCUT2D eigenvalue weighted by molar-refractivity contribution is 0.433. The van der Waals surface area contributed by atoms with E-state index in [-0.39, 0.29) is 5.76 Å². The van der Waals surface area contributed by atoms with Gasteiger partial charge in [-0.2, -0.15) is 0 Å². The molecule has 4 nitrogen and oxygen atoms in total. The standard InChI is InChI=1S/C14H15N3OS/c1-10-7-12(9-13(18)8-11(10)2)16-17-14-15-5-3-4-6-19-14/h3,5,7-8,18H,4,6H2,1-2H3/b17-16+. The summed E-state index contributed by atoms with van der Waals surface area (Å²) in [5.41, 5.74) is 5.30. The summed E-state index contributed by atoms with van der Waals surface area (Å²) in [6, 6.07) is 0. The summed E-state index contributed by atoms with van der Waals surface area (Å²) in [7, 11) is 0. The summed E-state index contributed by atoms with van der Waals surface area (Å²) in [6.45, 7) is 3.89. The topological polar surface area (TPSA) is 57.3 Å². The van der Waals surface area contributed by atoms with Crippen molar-refractivity contribution >= 4 is 16.9 Å². The molecule has 98 valence electrons. The summed E-state index contributed by atoms with van der Waals surface area (Å²) in [6.07, 6.45) is 8.24. The molecule has 0 bridgehead atoms. The zero-order chi connectivity index (χ0) is 13.7. The normalized spacial score (nSPS) is 20.0. The highest BCUT2D eigenvalue weighted by molar-refractivity contribution is 8.13. The van der Waals surface area contributed by atoms with Crippen molar-refractivity contribution in [2.24, 2.45) is 15.2 Å². The molecule has 0 spiro atoms. The molecule has 0 aromatic carbocycles. The van der Waals surface area contributed by atoms with Gasteiger partial charge in [0.15, 0.2) is 5.76 Å². The van der Waals surface area contributed by atoms with Gasteiger partial charge >= 0.3 is 0 Å². The summed E-state index contributed by atoms with van der Waals surface area (Å²) in [5, 5.41) is 18.5. The predicted octanol–water partition coefficient (Wildman–Crippen LogP) is 4.28. The van der Waals surface area contributed by atoms with E-state index in [1.54, 1.807) is 24.0 Å². The minimum atomic E-state index is 0.0647. The highest BCUT2D eigenvalue weighted by atomic mass is 32.2. The van der Waals surface area contributed by atoms with Crippen molar-refractivity contribution in [3.05, 3.63) is 52.8 Å². The second-order valence-electron chi connectivity index (χ2n) is 4.18. The zero-order valence-electron chi connectivity index (χ0n) is 10.9. The fourth-order valence-electron chi connectivity index (χ4n) is 1.49. The van der Waals surface area contributed by atoms with E-state index in [1.807, 2.05) is 26.0 Å². The Morgan fingerprint density at radius 1 is 1.26 bits per heavy atom. The first kappa shape index (κ1) is 13.6. The minimum absolute atomic E-state index is 0.0647. The van der Waals surface area contributed by atoms with Gasteiger partial charge in [0.2, 0.25) is 5.17 Å². The summed E-state index contributed by atoms with van der Waals surface area (Å²) >= 11 is 1.56. The molecule has 5 heteroatoms. The first-order valence-electron chi connectivity index (χ1n) is 5.99. The largest absolute Gasteiger partial charge is 0.501 e. The van der Waals surface area contributed by atoms with Crippen LogP contribution >= 0.6 is 11.8 Å². The van der Waals surface area contributed by atoms with Crippen molar-refractivity contribution in [2.45, 2.75) is 20.3 Å². The maximum Gasteiger partial charge on any atom is 0.209 e. The molecule has 2 aliphatic rings. The molecule has 0 saturated heterocycles. The van der Waals surface area contributed by atoms with Gasteiger partial charge in [0.1, 0.15) is 5.70 Å². The molecule has 0 aromatic heterocycles. The van der Waals surface area contributed by atoms with Gasteiger partial charge in [-0.25, -0.2) is 4.99 Å². The Balaban J connectivity index is 2.21. The number of aliphatic imine (C=N–C) groups is 1. The quantitative estimate of drug-likeness (QED) is 0.572. The van der Waals surface area contributed by atoms with Crippen LogP contribution < -0.4 is 0 Å². The lowest BCUT2D eigenvalue weighted by atomic mass is 10.1. The number of hydrogen-bond donors (Lipinski definition) is 1. The number of amidine groups is 1. The van der Waals surface area contributed by atoms with E-state index >= 15 is 0 Å². The maximum atomic E-state index is 9.66. The van der Waals surface area contributed by atoms with Crippen LogP contribution in [-0.4, -0.2) is 16.0 Å². The number of aliphatic hydroxyl groups is 1. The third kappa shape index (κ3) is 4.09. The third-order valence-corrected chi connectivity index (χ3v) is 3.52. The van der Waals surface area contributed by atoms with Gasteiger partial charge in [-0.1, -0.05) is 17.8 Å². The molecule has 0 fully saturated rings. The SMILES string of the molecule is CC1=CC(O)=C=C(/N=N/C2=NC=CCCS2)C=C1C. The van der Waals surface area contributed by atoms with Crippen molar-refractivity contribution in [1.82, 2.24) is 0 Å². The van der Waals surface area contributed by atoms with Gasteiger partial charge in [0.25, 0.3) is 0 Å². The molecule has 1 aliphatic carbocycles. The Hall–Kier alpha value is -1.84. The summed E-state index contributed by atoms with van der Waals surface area (Å²) < 4.78 is 0. The van der Waals surface area contributed by atoms with Gasteiger partial charge in [-0.3, -0.25) is 0 Å². The molecule has 0 aromatic rings. The van der Waals surface area contributed by atoms with Crippen LogP contribution in [0.4, 0.5) is 0 Å². The minimum Gasteiger partial charge on any atom is -0.501 e. The van der Waals surface area contributed by atoms with Gasteiger partial charge in [0.05, 0.1) is 0 Å². The number of allylic oxidation sites excluding steroid dienone is 4. The van der Waals surface area contributed by atoms with Crippen molar-refractivity contribution in [3.63, 3.8) is 0 Å². The Morgan fingerprint density at radius 3 is 2.89 bits per heavy atom. The van der Waals surface area contributed by atoms with E-state index < -0.39 is 0 Å². The fourth-order valence-corrected chi connectivity index (χ4v) is 2.16. The highest BCUT2D eigenvalue weighted by Gasteiger charge is 2.04. The number of rotatable bonds is 1. The monoisotopic (exact) mass is 273 g/mol. The van der Waals surface area contributed by atoms with E-state index in [0.29, 0.717) is 10.9 Å². The number of aliphatic hydroxyl groups excluding tert-OH is 1. The molecule has 1 aliphatic heterocycles. The van der Waals surface area contributed by atoms with E-state index in [1.165, 1.54) is 0 Å². The smallest absolute Gasteiger partial charge is 0.209 e. The molecule has 0 atom stereocenters. The molecule has 1 heterocycles. The maximum absolute atomic E-state index is 9.66. The van der Waals surface area contributed by atoms with Gasteiger partial charge in [-0.15, -0.1) is 10.2 Å². The molecular weight excluding hydrogens is 258 g/mol. The van der Waals surface area contributed by atoms with Crippen LogP contribution in [0.3, 0.4) is 0 Å². The van der Waals surface area contributed by atoms with E-state index in [9.17, 15) is 5.11 Å². The molecule has 0 saturated carbocycles. The second-order valence-corrected chi connectivity index (χ2v) is 5.25. The van der Waals surface area contributed by atoms with Crippen LogP contribution in [0, 0.1) is 0 Å². The Morgan fingerprint density at radius 2 is 2.05 bits per heavy atom. The van der Waals surface area contributed by atoms with Gasteiger partial charge in [-0.05, 0) is 49.3 Å². The van der Waals surface area contributed by atoms with Crippen LogP contribution in [0.15, 0.2) is 68.0 Å². The predicted molar refractivity (Wildman–Crippen MR) is 79.2 cm³/mol. The van der Waals surface area contributed by atoms with Crippen LogP contribution in [-0.2, 0) is 0 Å². The molecule has 1 N–H and O–H groups in total. The average molecular weight is 273 g/mol. The molecular formula is C14H15N3OS. The summed E-state index contributed by atoms with van der Waals surface area (Å²) in [4.78, 5) is 4.18. The van der Waals surface area contributed by atoms with E-state index in [4.69, 9.17) is 0 Å². The molecule has 19 heavy (non-hydrogen) atoms. The molecule has 0 unspecified atom stereocenters. The summed E-state index contributed by atoms with van der Waals surface area (Å²) in [5.74, 6) is 1.01. The third-order valence-electron chi connectivity index (χ3n) is 2.63. The second kappa shape index (κ2) is 6.36. The van der Waals surface area contributed by atoms with Crippen LogP contribution in [0.2, 0.25) is 0 Å². The van der Waals surface area contributed by atoms with Crippen molar-refractivity contribution in [3.8, 4) is 0 Å². The Kier molecular flexibility index (Phi) is 4.55. The lowest BCUT2D eigenvalue weighted by Gasteiger charge is -1.97. The number of azo groups is 1. The first-order chi connectivity index (χ1) is 9.15.